The van der Waals surface area contributed by atoms with E-state index in [0.717, 1.165) is 6.07 Å². The van der Waals surface area contributed by atoms with E-state index in [-0.39, 0.29) is 53.7 Å². The highest BCUT2D eigenvalue weighted by Crippen LogP contribution is 2.31. The zero-order valence-corrected chi connectivity index (χ0v) is 19.9. The molecule has 3 rings (SSSR count). The zero-order chi connectivity index (χ0) is 25.2. The maximum absolute atomic E-state index is 13.7. The van der Waals surface area contributed by atoms with E-state index in [0.29, 0.717) is 43.3 Å². The quantitative estimate of drug-likeness (QED) is 0.352. The number of benzene rings is 1. The van der Waals surface area contributed by atoms with Crippen molar-refractivity contribution in [3.63, 3.8) is 0 Å². The van der Waals surface area contributed by atoms with Crippen LogP contribution in [0.25, 0.3) is 16.6 Å². The van der Waals surface area contributed by atoms with E-state index in [9.17, 15) is 14.4 Å². The Morgan fingerprint density at radius 3 is 2.40 bits per heavy atom. The minimum absolute atomic E-state index is 0.0263. The average molecular weight is 506 g/mol. The molecule has 0 aliphatic rings. The molecule has 0 fully saturated rings. The third-order valence-electron chi connectivity index (χ3n) is 4.90. The van der Waals surface area contributed by atoms with Crippen LogP contribution < -0.4 is 10.2 Å². The Balaban J connectivity index is 1.73. The number of aryl methyl sites for hydroxylation is 1. The van der Waals surface area contributed by atoms with Crippen molar-refractivity contribution in [1.82, 2.24) is 9.55 Å². The number of pyridine rings is 2. The molecule has 1 N–H and O–H groups in total. The zero-order valence-electron chi connectivity index (χ0n) is 19.1. The summed E-state index contributed by atoms with van der Waals surface area (Å²) < 4.78 is 36.9. The summed E-state index contributed by atoms with van der Waals surface area (Å²) >= 11 is 6.43. The number of halogens is 2. The number of aromatic nitrogens is 2. The lowest BCUT2D eigenvalue weighted by Crippen LogP contribution is -2.16. The predicted molar refractivity (Wildman–Crippen MR) is 127 cm³/mol. The van der Waals surface area contributed by atoms with Gasteiger partial charge in [0.15, 0.2) is 5.43 Å². The number of aliphatic hydroxyl groups excluding tert-OH is 1. The van der Waals surface area contributed by atoms with Crippen molar-refractivity contribution < 1.29 is 28.4 Å². The standard InChI is InChI=1S/C24H25ClFN3O6/c1-16-12-21(31)22-23(29(16)20-3-2-18(26)13-17(20)14-27)19(25)15-28-24(22)35-11-10-34-9-8-33-7-6-32-5-4-30/h2-3,12-13,15,30H,4-11H2,1H3. The number of hydrogen-bond donors (Lipinski definition) is 1. The summed E-state index contributed by atoms with van der Waals surface area (Å²) in [6.45, 7) is 3.79. The minimum atomic E-state index is -0.550. The van der Waals surface area contributed by atoms with E-state index in [1.165, 1.54) is 24.4 Å². The summed E-state index contributed by atoms with van der Waals surface area (Å²) in [5.74, 6) is -0.477. The smallest absolute Gasteiger partial charge is 0.227 e. The Morgan fingerprint density at radius 2 is 1.74 bits per heavy atom. The van der Waals surface area contributed by atoms with Crippen molar-refractivity contribution in [2.75, 3.05) is 52.9 Å². The molecule has 2 heterocycles. The lowest BCUT2D eigenvalue weighted by molar-refractivity contribution is 0.00349. The van der Waals surface area contributed by atoms with Gasteiger partial charge in [-0.05, 0) is 25.1 Å². The molecule has 0 saturated carbocycles. The lowest BCUT2D eigenvalue weighted by atomic mass is 10.1. The first kappa shape index (κ1) is 26.5. The van der Waals surface area contributed by atoms with Gasteiger partial charge in [-0.3, -0.25) is 4.79 Å². The summed E-state index contributed by atoms with van der Waals surface area (Å²) in [6, 6.07) is 7.17. The van der Waals surface area contributed by atoms with E-state index in [1.54, 1.807) is 11.5 Å². The lowest BCUT2D eigenvalue weighted by Gasteiger charge is -2.18. The molecular weight excluding hydrogens is 481 g/mol. The fourth-order valence-corrected chi connectivity index (χ4v) is 3.65. The molecule has 3 aromatic rings. The second-order valence-electron chi connectivity index (χ2n) is 7.30. The molecule has 186 valence electrons. The third kappa shape index (κ3) is 6.75. The maximum Gasteiger partial charge on any atom is 0.227 e. The van der Waals surface area contributed by atoms with Crippen molar-refractivity contribution in [1.29, 1.82) is 5.26 Å². The highest BCUT2D eigenvalue weighted by molar-refractivity contribution is 6.35. The monoisotopic (exact) mass is 505 g/mol. The van der Waals surface area contributed by atoms with Crippen LogP contribution in [-0.4, -0.2) is 67.5 Å². The van der Waals surface area contributed by atoms with Gasteiger partial charge in [-0.15, -0.1) is 0 Å². The Bertz CT molecular complexity index is 1260. The van der Waals surface area contributed by atoms with Crippen molar-refractivity contribution in [3.05, 3.63) is 62.8 Å². The van der Waals surface area contributed by atoms with Gasteiger partial charge < -0.3 is 28.6 Å². The first-order valence-electron chi connectivity index (χ1n) is 10.9. The molecule has 0 spiro atoms. The molecular formula is C24H25ClFN3O6. The summed E-state index contributed by atoms with van der Waals surface area (Å²) in [5, 5.41) is 18.5. The second kappa shape index (κ2) is 13.1. The second-order valence-corrected chi connectivity index (χ2v) is 7.71. The van der Waals surface area contributed by atoms with Gasteiger partial charge in [-0.25, -0.2) is 9.37 Å². The molecule has 9 nitrogen and oxygen atoms in total. The number of hydrogen-bond acceptors (Lipinski definition) is 8. The topological polar surface area (TPSA) is 116 Å². The van der Waals surface area contributed by atoms with Crippen molar-refractivity contribution in [2.24, 2.45) is 0 Å². The molecule has 0 saturated heterocycles. The highest BCUT2D eigenvalue weighted by atomic mass is 35.5. The molecule has 0 amide bonds. The van der Waals surface area contributed by atoms with Crippen molar-refractivity contribution in [3.8, 4) is 17.6 Å². The molecule has 0 radical (unpaired) electrons. The SMILES string of the molecule is Cc1cc(=O)c2c(OCCOCCOCCOCCO)ncc(Cl)c2n1-c1ccc(F)cc1C#N. The fraction of sp³-hybridized carbons (Fsp3) is 0.375. The van der Waals surface area contributed by atoms with Crippen LogP contribution in [0.1, 0.15) is 11.3 Å². The van der Waals surface area contributed by atoms with E-state index in [2.05, 4.69) is 4.98 Å². The number of nitriles is 1. The van der Waals surface area contributed by atoms with Crippen LogP contribution in [0.5, 0.6) is 5.88 Å². The van der Waals surface area contributed by atoms with E-state index >= 15 is 0 Å². The molecule has 11 heteroatoms. The Hall–Kier alpha value is -3.07. The predicted octanol–water partition coefficient (Wildman–Crippen LogP) is 2.78. The van der Waals surface area contributed by atoms with Gasteiger partial charge in [0.1, 0.15) is 23.9 Å². The molecule has 2 aromatic heterocycles. The van der Waals surface area contributed by atoms with Crippen LogP contribution in [0, 0.1) is 24.1 Å². The van der Waals surface area contributed by atoms with Gasteiger partial charge in [0.25, 0.3) is 0 Å². The highest BCUT2D eigenvalue weighted by Gasteiger charge is 2.19. The Morgan fingerprint density at radius 1 is 1.09 bits per heavy atom. The molecule has 35 heavy (non-hydrogen) atoms. The third-order valence-corrected chi connectivity index (χ3v) is 5.18. The number of aliphatic hydroxyl groups is 1. The van der Waals surface area contributed by atoms with Crippen LogP contribution >= 0.6 is 11.6 Å². The van der Waals surface area contributed by atoms with Crippen molar-refractivity contribution in [2.45, 2.75) is 6.92 Å². The number of nitrogens with zero attached hydrogens (tertiary/aromatic N) is 3. The number of rotatable bonds is 13. The van der Waals surface area contributed by atoms with Crippen LogP contribution in [-0.2, 0) is 14.2 Å². The molecule has 0 atom stereocenters. The Kier molecular flexibility index (Phi) is 9.96. The maximum atomic E-state index is 13.7. The molecule has 0 aliphatic carbocycles. The van der Waals surface area contributed by atoms with Crippen LogP contribution in [0.15, 0.2) is 35.3 Å². The summed E-state index contributed by atoms with van der Waals surface area (Å²) in [7, 11) is 0. The normalized spacial score (nSPS) is 11.1. The van der Waals surface area contributed by atoms with Crippen LogP contribution in [0.4, 0.5) is 4.39 Å². The van der Waals surface area contributed by atoms with Gasteiger partial charge in [0, 0.05) is 11.8 Å². The summed E-state index contributed by atoms with van der Waals surface area (Å²) in [5.41, 5.74) is 0.930. The first-order valence-corrected chi connectivity index (χ1v) is 11.2. The average Bonchev–Trinajstić information content (AvgIpc) is 2.84. The summed E-state index contributed by atoms with van der Waals surface area (Å²) in [4.78, 5) is 17.0. The van der Waals surface area contributed by atoms with Gasteiger partial charge >= 0.3 is 0 Å². The van der Waals surface area contributed by atoms with Crippen LogP contribution in [0.3, 0.4) is 0 Å². The number of fused-ring (bicyclic) bond motifs is 1. The minimum Gasteiger partial charge on any atom is -0.475 e. The van der Waals surface area contributed by atoms with E-state index < -0.39 is 5.82 Å². The van der Waals surface area contributed by atoms with E-state index in [1.807, 2.05) is 6.07 Å². The molecule has 0 bridgehead atoms. The van der Waals surface area contributed by atoms with Gasteiger partial charge in [-0.2, -0.15) is 5.26 Å². The molecule has 0 aliphatic heterocycles. The molecule has 1 aromatic carbocycles. The van der Waals surface area contributed by atoms with Gasteiger partial charge in [-0.1, -0.05) is 11.6 Å². The summed E-state index contributed by atoms with van der Waals surface area (Å²) in [6.07, 6.45) is 1.36. The van der Waals surface area contributed by atoms with Gasteiger partial charge in [0.05, 0.1) is 74.2 Å². The van der Waals surface area contributed by atoms with E-state index in [4.69, 9.17) is 35.7 Å². The Labute approximate surface area is 206 Å². The first-order chi connectivity index (χ1) is 17.0. The van der Waals surface area contributed by atoms with Crippen LogP contribution in [0.2, 0.25) is 5.02 Å². The largest absolute Gasteiger partial charge is 0.475 e. The van der Waals surface area contributed by atoms with Gasteiger partial charge in [0.2, 0.25) is 5.88 Å². The fourth-order valence-electron chi connectivity index (χ4n) is 3.42. The van der Waals surface area contributed by atoms with Crippen molar-refractivity contribution >= 4 is 22.5 Å². The molecule has 0 unspecified atom stereocenters. The number of ether oxygens (including phenoxy) is 4.